The monoisotopic (exact) mass is 1710 g/mol. The number of aromatic nitrogens is 8. The average Bonchev–Trinajstić information content (AvgIpc) is 1.77. The molecule has 0 bridgehead atoms. The molecule has 0 aliphatic carbocycles. The third-order valence-electron chi connectivity index (χ3n) is 19.1. The third kappa shape index (κ3) is 32.6. The fourth-order valence-corrected chi connectivity index (χ4v) is 11.9. The van der Waals surface area contributed by atoms with Crippen LogP contribution in [0.4, 0.5) is 19.2 Å². The Kier molecular flexibility index (Phi) is 39.9. The molecule has 4 aromatic heterocycles. The molecule has 670 valence electrons. The highest BCUT2D eigenvalue weighted by atomic mass is 16.8. The Morgan fingerprint density at radius 2 is 0.584 bits per heavy atom. The lowest BCUT2D eigenvalue weighted by molar-refractivity contribution is -0.0208. The molecular formula is C97H126N12O16. The number of rotatable bonds is 31. The number of hydrogen-bond donors (Lipinski definition) is 0. The molecular weight excluding hydrogens is 1590 g/mol. The molecule has 4 aromatic carbocycles. The topological polar surface area (TPSA) is 345 Å². The van der Waals surface area contributed by atoms with E-state index in [4.69, 9.17) is 56.8 Å². The second-order valence-corrected chi connectivity index (χ2v) is 34.2. The third-order valence-corrected chi connectivity index (χ3v) is 19.1. The second kappa shape index (κ2) is 48.7. The molecule has 0 N–H and O–H groups in total. The summed E-state index contributed by atoms with van der Waals surface area (Å²) in [6, 6.07) is 47.4. The van der Waals surface area contributed by atoms with Crippen LogP contribution in [0.1, 0.15) is 253 Å². The number of nitriles is 4. The zero-order valence-corrected chi connectivity index (χ0v) is 77.8. The van der Waals surface area contributed by atoms with Crippen LogP contribution in [0, 0.1) is 78.9 Å². The Morgan fingerprint density at radius 3 is 0.792 bits per heavy atom. The van der Waals surface area contributed by atoms with Gasteiger partial charge in [-0.3, -0.25) is 18.7 Å². The zero-order chi connectivity index (χ0) is 93.1. The molecule has 0 fully saturated rings. The van der Waals surface area contributed by atoms with Crippen LogP contribution in [-0.4, -0.2) is 117 Å². The number of hydrogen-bond acceptors (Lipinski definition) is 24. The lowest BCUT2D eigenvalue weighted by Crippen LogP contribution is -2.17. The maximum Gasteiger partial charge on any atom is 0.511 e. The van der Waals surface area contributed by atoms with E-state index in [0.717, 1.165) is 77.1 Å². The first kappa shape index (κ1) is 102. The Balaban J connectivity index is 0.000000296. The van der Waals surface area contributed by atoms with E-state index in [1.54, 1.807) is 53.8 Å². The van der Waals surface area contributed by atoms with Crippen molar-refractivity contribution in [1.29, 1.82) is 21.0 Å². The summed E-state index contributed by atoms with van der Waals surface area (Å²) < 4.78 is 69.9. The highest BCUT2D eigenvalue weighted by molar-refractivity contribution is 5.97. The van der Waals surface area contributed by atoms with Crippen molar-refractivity contribution in [3.63, 3.8) is 0 Å². The van der Waals surface area contributed by atoms with E-state index in [2.05, 4.69) is 135 Å². The number of aryl methyl sites for hydroxylation is 8. The summed E-state index contributed by atoms with van der Waals surface area (Å²) in [4.78, 5) is 47.1. The van der Waals surface area contributed by atoms with Gasteiger partial charge in [-0.05, 0) is 150 Å². The average molecular weight is 1720 g/mol. The number of unbranched alkanes of at least 4 members (excludes halogenated alkanes) is 3. The van der Waals surface area contributed by atoms with Crippen LogP contribution >= 0.6 is 0 Å². The number of allylic oxidation sites excluding steroid dienone is 4. The minimum atomic E-state index is -0.817. The van der Waals surface area contributed by atoms with Gasteiger partial charge in [-0.1, -0.05) is 234 Å². The molecule has 0 aliphatic heterocycles. The first-order chi connectivity index (χ1) is 58.9. The van der Waals surface area contributed by atoms with Crippen molar-refractivity contribution >= 4 is 70.0 Å². The molecule has 4 heterocycles. The summed E-state index contributed by atoms with van der Waals surface area (Å²) in [6.45, 7) is 43.9. The van der Waals surface area contributed by atoms with Crippen LogP contribution in [0.25, 0.3) is 45.3 Å². The predicted molar refractivity (Wildman–Crippen MR) is 480 cm³/mol. The van der Waals surface area contributed by atoms with Crippen LogP contribution in [0.15, 0.2) is 121 Å². The number of ether oxygens (including phenoxy) is 12. The molecule has 0 aliphatic rings. The standard InChI is InChI=1S/C25H33N3O4.3C24H31N3O4/c1-7-8-9-14-30-24(29)32-17-31-23(22-15-18(2)27-28(22)6)21(16-26)19-10-12-20(13-11-19)25(3,4)5;1-16(2)14-29-23(28)31-15-30-22(21-12-17(3)26-27(21)7)20(13-25)18-8-10-19(11-9-18)24(4,5)6;1-8-17(3)31-23(28)30-15-29-22(21-13-16(2)26-27(21)7)20(14-25)18-9-11-19(12-10-18)24(4,5)6;1-7-8-13-29-23(28)31-16-30-22(21-14-17(2)26-27(21)6)20(15-25)18-9-11-19(12-10-18)24(3,4)5/h10-13,15H,7-9,14,17H2,1-6H3;8-12,16H,14-15H2,1-7H3;9-13,17H,8,15H2,1-7H3;9-12,14H,7-8,13,16H2,1-6H3/b23-21-;3*22-20-. The number of carbonyl (C=O) groups excluding carboxylic acids is 4. The SMILES string of the molecule is CCC(C)OC(=O)OCO/C(=C(/C#N)c1ccc(C(C)(C)C)cc1)c1cc(C)nn1C.CCCCCOC(=O)OCO/C(=C(/C#N)c1ccc(C(C)(C)C)cc1)c1cc(C)nn1C.CCCCOC(=O)OCO/C(=C(/C#N)c1ccc(C(C)(C)C)cc1)c1cc(C)nn1C.Cc1cc(/C(OCOC(=O)OCC(C)C)=C(\C#N)c2ccc(C(C)(C)C)cc2)n(C)n1. The smallest absolute Gasteiger partial charge is 0.454 e. The predicted octanol–water partition coefficient (Wildman–Crippen LogP) is 21.6. The minimum Gasteiger partial charge on any atom is -0.454 e. The Hall–Kier alpha value is -13.1. The van der Waals surface area contributed by atoms with Crippen molar-refractivity contribution in [2.24, 2.45) is 34.1 Å². The maximum atomic E-state index is 11.8. The van der Waals surface area contributed by atoms with Gasteiger partial charge in [-0.15, -0.1) is 0 Å². The summed E-state index contributed by atoms with van der Waals surface area (Å²) in [6.07, 6.45) is 1.67. The lowest BCUT2D eigenvalue weighted by atomic mass is 9.86. The molecule has 28 nitrogen and oxygen atoms in total. The van der Waals surface area contributed by atoms with Crippen LogP contribution in [0.2, 0.25) is 0 Å². The van der Waals surface area contributed by atoms with Crippen molar-refractivity contribution in [3.05, 3.63) is 211 Å². The van der Waals surface area contributed by atoms with E-state index in [1.807, 2.05) is 177 Å². The summed E-state index contributed by atoms with van der Waals surface area (Å²) in [5, 5.41) is 57.2. The highest BCUT2D eigenvalue weighted by Crippen LogP contribution is 2.36. The van der Waals surface area contributed by atoms with Crippen molar-refractivity contribution in [2.75, 3.05) is 47.0 Å². The molecule has 0 spiro atoms. The van der Waals surface area contributed by atoms with Gasteiger partial charge in [-0.2, -0.15) is 41.4 Å². The zero-order valence-electron chi connectivity index (χ0n) is 77.8. The van der Waals surface area contributed by atoms with E-state index >= 15 is 0 Å². The van der Waals surface area contributed by atoms with Crippen LogP contribution in [-0.2, 0) is 107 Å². The van der Waals surface area contributed by atoms with Crippen LogP contribution in [0.3, 0.4) is 0 Å². The molecule has 0 amide bonds. The van der Waals surface area contributed by atoms with Crippen molar-refractivity contribution in [3.8, 4) is 24.3 Å². The van der Waals surface area contributed by atoms with Gasteiger partial charge in [-0.25, -0.2) is 19.2 Å². The summed E-state index contributed by atoms with van der Waals surface area (Å²) in [5.41, 5.74) is 14.3. The molecule has 125 heavy (non-hydrogen) atoms. The van der Waals surface area contributed by atoms with Gasteiger partial charge in [0.1, 0.15) is 75.4 Å². The van der Waals surface area contributed by atoms with E-state index in [-0.39, 0.29) is 90.5 Å². The molecule has 1 unspecified atom stereocenters. The number of benzene rings is 4. The van der Waals surface area contributed by atoms with Gasteiger partial charge in [0.25, 0.3) is 0 Å². The van der Waals surface area contributed by atoms with E-state index in [1.165, 1.54) is 0 Å². The van der Waals surface area contributed by atoms with E-state index in [9.17, 15) is 40.2 Å². The molecule has 1 atom stereocenters. The number of carbonyl (C=O) groups is 4. The summed E-state index contributed by atoms with van der Waals surface area (Å²) >= 11 is 0. The molecule has 0 saturated heterocycles. The normalized spacial score (nSPS) is 12.3. The van der Waals surface area contributed by atoms with Gasteiger partial charge in [0.15, 0.2) is 23.0 Å². The minimum absolute atomic E-state index is 0.000488. The van der Waals surface area contributed by atoms with Gasteiger partial charge in [0.2, 0.25) is 27.2 Å². The molecule has 0 saturated carbocycles. The van der Waals surface area contributed by atoms with Crippen molar-refractivity contribution < 1.29 is 76.0 Å². The van der Waals surface area contributed by atoms with Crippen molar-refractivity contribution in [1.82, 2.24) is 39.1 Å². The quantitative estimate of drug-likeness (QED) is 0.00972. The molecule has 0 radical (unpaired) electrons. The van der Waals surface area contributed by atoms with Gasteiger partial charge >= 0.3 is 24.6 Å². The fourth-order valence-electron chi connectivity index (χ4n) is 11.9. The molecule has 8 aromatic rings. The van der Waals surface area contributed by atoms with E-state index < -0.39 is 24.6 Å². The van der Waals surface area contributed by atoms with Crippen molar-refractivity contribution in [2.45, 2.75) is 219 Å². The molecule has 8 rings (SSSR count). The van der Waals surface area contributed by atoms with Gasteiger partial charge in [0.05, 0.1) is 42.6 Å². The lowest BCUT2D eigenvalue weighted by Gasteiger charge is -2.19. The van der Waals surface area contributed by atoms with Crippen LogP contribution in [0.5, 0.6) is 0 Å². The largest absolute Gasteiger partial charge is 0.511 e. The second-order valence-electron chi connectivity index (χ2n) is 34.2. The van der Waals surface area contributed by atoms with E-state index in [0.29, 0.717) is 87.0 Å². The maximum absolute atomic E-state index is 11.8. The van der Waals surface area contributed by atoms with Crippen LogP contribution < -0.4 is 0 Å². The first-order valence-electron chi connectivity index (χ1n) is 41.7. The summed E-state index contributed by atoms with van der Waals surface area (Å²) in [5.74, 6) is 1.34. The Labute approximate surface area is 737 Å². The summed E-state index contributed by atoms with van der Waals surface area (Å²) in [7, 11) is 7.07. The fraction of sp³-hybridized carbons (Fsp3) is 0.464. The Bertz CT molecular complexity index is 5180. The Morgan fingerprint density at radius 1 is 0.344 bits per heavy atom. The van der Waals surface area contributed by atoms with Gasteiger partial charge in [0, 0.05) is 28.2 Å². The first-order valence-corrected chi connectivity index (χ1v) is 41.7. The molecule has 28 heteroatoms. The van der Waals surface area contributed by atoms with Gasteiger partial charge < -0.3 is 56.8 Å². The number of nitrogens with zero attached hydrogens (tertiary/aromatic N) is 12. The highest BCUT2D eigenvalue weighted by Gasteiger charge is 2.27.